The lowest BCUT2D eigenvalue weighted by Crippen LogP contribution is -2.19. The summed E-state index contributed by atoms with van der Waals surface area (Å²) in [6, 6.07) is 7.10. The van der Waals surface area contributed by atoms with Crippen molar-refractivity contribution in [2.24, 2.45) is 0 Å². The molecule has 102 valence electrons. The van der Waals surface area contributed by atoms with Gasteiger partial charge in [0.1, 0.15) is 5.56 Å². The third-order valence-electron chi connectivity index (χ3n) is 3.34. The van der Waals surface area contributed by atoms with Crippen molar-refractivity contribution in [2.45, 2.75) is 13.5 Å². The van der Waals surface area contributed by atoms with Crippen molar-refractivity contribution in [3.63, 3.8) is 0 Å². The normalized spacial score (nSPS) is 11.3. The molecule has 0 aliphatic carbocycles. The number of para-hydroxylation sites is 1. The molecule has 2 aromatic heterocycles. The Morgan fingerprint density at radius 3 is 2.90 bits per heavy atom. The van der Waals surface area contributed by atoms with E-state index >= 15 is 0 Å². The van der Waals surface area contributed by atoms with Gasteiger partial charge >= 0.3 is 5.97 Å². The number of pyridine rings is 1. The molecule has 0 unspecified atom stereocenters. The number of hydrogen-bond acceptors (Lipinski definition) is 4. The van der Waals surface area contributed by atoms with E-state index < -0.39 is 5.97 Å². The fraction of sp³-hybridized carbons (Fsp3) is 0.200. The highest BCUT2D eigenvalue weighted by Crippen LogP contribution is 2.23. The molecule has 0 radical (unpaired) electrons. The van der Waals surface area contributed by atoms with Crippen LogP contribution < -0.4 is 5.43 Å². The number of hydrogen-bond donors (Lipinski definition) is 1. The van der Waals surface area contributed by atoms with E-state index in [1.54, 1.807) is 29.5 Å². The van der Waals surface area contributed by atoms with Crippen molar-refractivity contribution in [1.29, 1.82) is 0 Å². The summed E-state index contributed by atoms with van der Waals surface area (Å²) in [5, 5.41) is 10.7. The Balaban J connectivity index is 2.42. The van der Waals surface area contributed by atoms with Gasteiger partial charge < -0.3 is 14.2 Å². The molecule has 0 saturated carbocycles. The Morgan fingerprint density at radius 2 is 2.20 bits per heavy atom. The van der Waals surface area contributed by atoms with Crippen LogP contribution in [-0.4, -0.2) is 22.1 Å². The second-order valence-corrected chi connectivity index (χ2v) is 4.50. The van der Waals surface area contributed by atoms with E-state index in [4.69, 9.17) is 4.74 Å². The lowest BCUT2D eigenvalue weighted by atomic mass is 10.1. The third-order valence-corrected chi connectivity index (χ3v) is 3.34. The average Bonchev–Trinajstić information content (AvgIpc) is 2.81. The zero-order valence-electron chi connectivity index (χ0n) is 10.9. The maximum Gasteiger partial charge on any atom is 0.343 e. The molecule has 0 amide bonds. The Kier molecular flexibility index (Phi) is 2.91. The van der Waals surface area contributed by atoms with Gasteiger partial charge in [0.25, 0.3) is 0 Å². The largest absolute Gasteiger partial charge is 0.462 e. The van der Waals surface area contributed by atoms with Gasteiger partial charge in [-0.05, 0) is 19.1 Å². The first-order valence-electron chi connectivity index (χ1n) is 6.34. The number of ether oxygens (including phenoxy) is 1. The van der Waals surface area contributed by atoms with E-state index in [-0.39, 0.29) is 24.2 Å². The molecule has 0 aliphatic rings. The molecule has 0 aliphatic heterocycles. The summed E-state index contributed by atoms with van der Waals surface area (Å²) in [4.78, 5) is 24.2. The van der Waals surface area contributed by atoms with Crippen LogP contribution in [0, 0.1) is 0 Å². The molecule has 0 spiro atoms. The number of aliphatic hydroxyl groups is 1. The monoisotopic (exact) mass is 271 g/mol. The van der Waals surface area contributed by atoms with Crippen LogP contribution in [0.4, 0.5) is 0 Å². The number of aromatic nitrogens is 1. The molecule has 2 heterocycles. The predicted octanol–water partition coefficient (Wildman–Crippen LogP) is 1.56. The minimum atomic E-state index is -0.641. The van der Waals surface area contributed by atoms with Gasteiger partial charge in [-0.3, -0.25) is 4.79 Å². The van der Waals surface area contributed by atoms with Gasteiger partial charge in [0.2, 0.25) is 5.43 Å². The van der Waals surface area contributed by atoms with Crippen LogP contribution in [0.5, 0.6) is 0 Å². The second-order valence-electron chi connectivity index (χ2n) is 4.50. The van der Waals surface area contributed by atoms with Crippen LogP contribution in [0.2, 0.25) is 0 Å². The SMILES string of the molecule is CCOC(=O)c1cn2c(CO)cc3cccc(c1=O)c32. The maximum absolute atomic E-state index is 12.4. The van der Waals surface area contributed by atoms with Crippen molar-refractivity contribution >= 4 is 22.3 Å². The van der Waals surface area contributed by atoms with Crippen LogP contribution in [0.25, 0.3) is 16.3 Å². The number of rotatable bonds is 3. The van der Waals surface area contributed by atoms with Gasteiger partial charge in [-0.1, -0.05) is 12.1 Å². The zero-order valence-corrected chi connectivity index (χ0v) is 10.9. The van der Waals surface area contributed by atoms with Crippen LogP contribution in [0.15, 0.2) is 35.3 Å². The number of aliphatic hydroxyl groups excluding tert-OH is 1. The zero-order chi connectivity index (χ0) is 14.3. The molecule has 3 aromatic rings. The van der Waals surface area contributed by atoms with Crippen molar-refractivity contribution < 1.29 is 14.6 Å². The topological polar surface area (TPSA) is 68.0 Å². The molecule has 3 rings (SSSR count). The van der Waals surface area contributed by atoms with Crippen LogP contribution in [0.1, 0.15) is 23.0 Å². The molecule has 0 atom stereocenters. The molecule has 0 saturated heterocycles. The van der Waals surface area contributed by atoms with Gasteiger partial charge in [0, 0.05) is 22.7 Å². The fourth-order valence-corrected chi connectivity index (χ4v) is 2.48. The van der Waals surface area contributed by atoms with Crippen LogP contribution in [0.3, 0.4) is 0 Å². The highest BCUT2D eigenvalue weighted by molar-refractivity contribution is 6.00. The summed E-state index contributed by atoms with van der Waals surface area (Å²) in [5.41, 5.74) is 0.984. The summed E-state index contributed by atoms with van der Waals surface area (Å²) in [6.45, 7) is 1.72. The van der Waals surface area contributed by atoms with E-state index in [1.165, 1.54) is 6.20 Å². The Labute approximate surface area is 114 Å². The van der Waals surface area contributed by atoms with Gasteiger partial charge in [-0.2, -0.15) is 0 Å². The molecule has 1 aromatic carbocycles. The van der Waals surface area contributed by atoms with Crippen molar-refractivity contribution in [2.75, 3.05) is 6.61 Å². The fourth-order valence-electron chi connectivity index (χ4n) is 2.48. The molecule has 20 heavy (non-hydrogen) atoms. The smallest absolute Gasteiger partial charge is 0.343 e. The highest BCUT2D eigenvalue weighted by Gasteiger charge is 2.18. The predicted molar refractivity (Wildman–Crippen MR) is 74.2 cm³/mol. The van der Waals surface area contributed by atoms with Crippen LogP contribution >= 0.6 is 0 Å². The van der Waals surface area contributed by atoms with Crippen LogP contribution in [-0.2, 0) is 11.3 Å². The van der Waals surface area contributed by atoms with Gasteiger partial charge in [-0.25, -0.2) is 4.79 Å². The number of esters is 1. The van der Waals surface area contributed by atoms with E-state index in [0.29, 0.717) is 11.1 Å². The minimum absolute atomic E-state index is 0.0160. The Bertz CT molecular complexity index is 850. The van der Waals surface area contributed by atoms with Crippen molar-refractivity contribution in [1.82, 2.24) is 4.40 Å². The van der Waals surface area contributed by atoms with E-state index in [2.05, 4.69) is 0 Å². The number of benzene rings is 1. The van der Waals surface area contributed by atoms with Gasteiger partial charge in [0.05, 0.1) is 18.7 Å². The van der Waals surface area contributed by atoms with Gasteiger partial charge in [-0.15, -0.1) is 0 Å². The van der Waals surface area contributed by atoms with E-state index in [0.717, 1.165) is 10.9 Å². The first-order chi connectivity index (χ1) is 9.67. The second kappa shape index (κ2) is 4.61. The first-order valence-corrected chi connectivity index (χ1v) is 6.34. The minimum Gasteiger partial charge on any atom is -0.462 e. The number of nitrogens with zero attached hydrogens (tertiary/aromatic N) is 1. The summed E-state index contributed by atoms with van der Waals surface area (Å²) >= 11 is 0. The molecular weight excluding hydrogens is 258 g/mol. The lowest BCUT2D eigenvalue weighted by Gasteiger charge is -2.06. The molecule has 1 N–H and O–H groups in total. The average molecular weight is 271 g/mol. The van der Waals surface area contributed by atoms with Crippen molar-refractivity contribution in [3.05, 3.63) is 51.9 Å². The molecule has 0 fully saturated rings. The van der Waals surface area contributed by atoms with Gasteiger partial charge in [0.15, 0.2) is 0 Å². The summed E-state index contributed by atoms with van der Waals surface area (Å²) < 4.78 is 6.59. The summed E-state index contributed by atoms with van der Waals surface area (Å²) in [7, 11) is 0. The highest BCUT2D eigenvalue weighted by atomic mass is 16.5. The summed E-state index contributed by atoms with van der Waals surface area (Å²) in [6.07, 6.45) is 1.45. The number of carbonyl (C=O) groups is 1. The third kappa shape index (κ3) is 1.67. The lowest BCUT2D eigenvalue weighted by molar-refractivity contribution is 0.0524. The standard InChI is InChI=1S/C15H13NO4/c1-2-20-15(19)12-7-16-10(8-17)6-9-4-3-5-11(13(9)16)14(12)18/h3-7,17H,2,8H2,1H3. The maximum atomic E-state index is 12.4. The molecule has 0 bridgehead atoms. The van der Waals surface area contributed by atoms with Crippen molar-refractivity contribution in [3.8, 4) is 0 Å². The molecular formula is C15H13NO4. The quantitative estimate of drug-likeness (QED) is 0.734. The van der Waals surface area contributed by atoms with E-state index in [9.17, 15) is 14.7 Å². The molecule has 5 heteroatoms. The Morgan fingerprint density at radius 1 is 1.40 bits per heavy atom. The Hall–Kier alpha value is -2.40. The first kappa shape index (κ1) is 12.6. The van der Waals surface area contributed by atoms with E-state index in [1.807, 2.05) is 6.07 Å². The summed E-state index contributed by atoms with van der Waals surface area (Å²) in [5.74, 6) is -0.641. The number of carbonyl (C=O) groups excluding carboxylic acids is 1. The molecule has 5 nitrogen and oxygen atoms in total.